The first kappa shape index (κ1) is 18.8. The Bertz CT molecular complexity index is 853. The van der Waals surface area contributed by atoms with E-state index in [1.807, 2.05) is 0 Å². The molecule has 0 N–H and O–H groups in total. The number of terminal acetylenes is 1. The predicted molar refractivity (Wildman–Crippen MR) is 95.2 cm³/mol. The molecule has 3 aliphatic rings. The van der Waals surface area contributed by atoms with Crippen molar-refractivity contribution in [1.82, 2.24) is 14.7 Å². The summed E-state index contributed by atoms with van der Waals surface area (Å²) in [6.45, 7) is 3.10. The number of hydrogen-bond acceptors (Lipinski definition) is 3. The summed E-state index contributed by atoms with van der Waals surface area (Å²) in [5, 5.41) is 0. The second-order valence-electron chi connectivity index (χ2n) is 7.62. The Morgan fingerprint density at radius 3 is 2.29 bits per heavy atom. The molecule has 0 bridgehead atoms. The number of likely N-dealkylation sites (tertiary alicyclic amines) is 1. The van der Waals surface area contributed by atoms with Gasteiger partial charge in [0.1, 0.15) is 11.7 Å². The van der Waals surface area contributed by atoms with E-state index >= 15 is 0 Å². The minimum atomic E-state index is -2.83. The molecule has 1 atom stereocenters. The number of rotatable bonds is 3. The Hall–Kier alpha value is -2.53. The first-order valence-electron chi connectivity index (χ1n) is 9.25. The molecule has 2 amide bonds. The molecule has 0 spiro atoms. The summed E-state index contributed by atoms with van der Waals surface area (Å²) in [7, 11) is 0. The van der Waals surface area contributed by atoms with Crippen LogP contribution in [0.4, 0.5) is 13.2 Å². The fourth-order valence-corrected chi connectivity index (χ4v) is 3.84. The van der Waals surface area contributed by atoms with Gasteiger partial charge in [0, 0.05) is 62.9 Å². The molecular weight excluding hydrogens is 371 g/mol. The SMILES string of the molecule is C#Cc1cc(F)cc(C(=O)N2CCN(C3CN(C(=O)[C@@H]4CC4(F)F)C3)CC2)c1. The number of halogens is 3. The molecular formula is C20H20F3N3O2. The molecule has 28 heavy (non-hydrogen) atoms. The predicted octanol–water partition coefficient (Wildman–Crippen LogP) is 1.43. The van der Waals surface area contributed by atoms with Crippen LogP contribution >= 0.6 is 0 Å². The fourth-order valence-electron chi connectivity index (χ4n) is 3.84. The zero-order valence-corrected chi connectivity index (χ0v) is 15.2. The van der Waals surface area contributed by atoms with Crippen molar-refractivity contribution in [2.75, 3.05) is 39.3 Å². The van der Waals surface area contributed by atoms with Crippen LogP contribution in [0, 0.1) is 24.1 Å². The Morgan fingerprint density at radius 1 is 1.07 bits per heavy atom. The second-order valence-corrected chi connectivity index (χ2v) is 7.62. The molecule has 1 aromatic rings. The summed E-state index contributed by atoms with van der Waals surface area (Å²) < 4.78 is 39.7. The van der Waals surface area contributed by atoms with Gasteiger partial charge in [0.2, 0.25) is 5.91 Å². The largest absolute Gasteiger partial charge is 0.339 e. The number of amides is 2. The first-order chi connectivity index (χ1) is 13.3. The standard InChI is InChI=1S/C20H20F3N3O2/c1-2-13-7-14(9-15(21)8-13)18(27)25-5-3-24(4-6-25)16-11-26(12-16)19(28)17-10-20(17,22)23/h1,7-9,16-17H,3-6,10-12H2/t17-/m0/s1. The monoisotopic (exact) mass is 391 g/mol. The molecule has 1 aromatic carbocycles. The van der Waals surface area contributed by atoms with E-state index in [0.29, 0.717) is 44.8 Å². The van der Waals surface area contributed by atoms with E-state index in [4.69, 9.17) is 6.42 Å². The van der Waals surface area contributed by atoms with Crippen molar-refractivity contribution in [1.29, 1.82) is 0 Å². The number of carbonyl (C=O) groups is 2. The van der Waals surface area contributed by atoms with Crippen LogP contribution in [-0.4, -0.2) is 77.7 Å². The highest BCUT2D eigenvalue weighted by atomic mass is 19.3. The van der Waals surface area contributed by atoms with Gasteiger partial charge in [-0.25, -0.2) is 13.2 Å². The van der Waals surface area contributed by atoms with Crippen LogP contribution in [0.1, 0.15) is 22.3 Å². The quantitative estimate of drug-likeness (QED) is 0.733. The Morgan fingerprint density at radius 2 is 1.71 bits per heavy atom. The third-order valence-electron chi connectivity index (χ3n) is 5.73. The lowest BCUT2D eigenvalue weighted by Crippen LogP contribution is -2.64. The van der Waals surface area contributed by atoms with Crippen molar-refractivity contribution < 1.29 is 22.8 Å². The molecule has 5 nitrogen and oxygen atoms in total. The van der Waals surface area contributed by atoms with E-state index in [2.05, 4.69) is 10.8 Å². The van der Waals surface area contributed by atoms with Gasteiger partial charge in [-0.3, -0.25) is 14.5 Å². The van der Waals surface area contributed by atoms with Gasteiger partial charge >= 0.3 is 0 Å². The lowest BCUT2D eigenvalue weighted by molar-refractivity contribution is -0.142. The van der Waals surface area contributed by atoms with Gasteiger partial charge in [0.15, 0.2) is 0 Å². The normalized spacial score (nSPS) is 24.4. The molecule has 2 aliphatic heterocycles. The van der Waals surface area contributed by atoms with Crippen LogP contribution in [0.2, 0.25) is 0 Å². The molecule has 1 saturated carbocycles. The molecule has 4 rings (SSSR count). The highest BCUT2D eigenvalue weighted by molar-refractivity contribution is 5.94. The molecule has 2 saturated heterocycles. The number of piperazine rings is 1. The highest BCUT2D eigenvalue weighted by Gasteiger charge is 2.63. The topological polar surface area (TPSA) is 43.9 Å². The Labute approximate surface area is 161 Å². The third kappa shape index (κ3) is 3.47. The third-order valence-corrected chi connectivity index (χ3v) is 5.73. The maximum absolute atomic E-state index is 13.6. The van der Waals surface area contributed by atoms with E-state index in [1.54, 1.807) is 4.90 Å². The van der Waals surface area contributed by atoms with Gasteiger partial charge in [-0.05, 0) is 18.2 Å². The molecule has 1 aliphatic carbocycles. The Kier molecular flexibility index (Phi) is 4.58. The van der Waals surface area contributed by atoms with Crippen LogP contribution in [0.25, 0.3) is 0 Å². The summed E-state index contributed by atoms with van der Waals surface area (Å²) >= 11 is 0. The zero-order chi connectivity index (χ0) is 20.1. The van der Waals surface area contributed by atoms with Crippen LogP contribution in [0.5, 0.6) is 0 Å². The van der Waals surface area contributed by atoms with E-state index in [1.165, 1.54) is 23.1 Å². The number of alkyl halides is 2. The number of carbonyl (C=O) groups excluding carboxylic acids is 2. The fraction of sp³-hybridized carbons (Fsp3) is 0.500. The van der Waals surface area contributed by atoms with Crippen molar-refractivity contribution in [3.05, 3.63) is 35.1 Å². The highest BCUT2D eigenvalue weighted by Crippen LogP contribution is 2.50. The van der Waals surface area contributed by atoms with Crippen LogP contribution in [0.15, 0.2) is 18.2 Å². The summed E-state index contributed by atoms with van der Waals surface area (Å²) in [5.74, 6) is -2.89. The molecule has 8 heteroatoms. The summed E-state index contributed by atoms with van der Waals surface area (Å²) in [6.07, 6.45) is 4.95. The minimum absolute atomic E-state index is 0.135. The molecule has 148 valence electrons. The van der Waals surface area contributed by atoms with Crippen molar-refractivity contribution in [3.8, 4) is 12.3 Å². The van der Waals surface area contributed by atoms with E-state index in [9.17, 15) is 22.8 Å². The average molecular weight is 391 g/mol. The number of benzene rings is 1. The summed E-state index contributed by atoms with van der Waals surface area (Å²) in [5.41, 5.74) is 0.551. The van der Waals surface area contributed by atoms with Crippen molar-refractivity contribution in [3.63, 3.8) is 0 Å². The Balaban J connectivity index is 1.28. The smallest absolute Gasteiger partial charge is 0.260 e. The molecule has 0 unspecified atom stereocenters. The lowest BCUT2D eigenvalue weighted by Gasteiger charge is -2.48. The van der Waals surface area contributed by atoms with Gasteiger partial charge in [-0.1, -0.05) is 5.92 Å². The molecule has 0 aromatic heterocycles. The molecule has 0 radical (unpaired) electrons. The van der Waals surface area contributed by atoms with Gasteiger partial charge in [0.05, 0.1) is 0 Å². The van der Waals surface area contributed by atoms with Gasteiger partial charge in [0.25, 0.3) is 11.8 Å². The molecule has 2 heterocycles. The average Bonchev–Trinajstić information content (AvgIpc) is 3.28. The van der Waals surface area contributed by atoms with Crippen molar-refractivity contribution in [2.24, 2.45) is 5.92 Å². The zero-order valence-electron chi connectivity index (χ0n) is 15.2. The first-order valence-corrected chi connectivity index (χ1v) is 9.25. The van der Waals surface area contributed by atoms with Gasteiger partial charge in [-0.15, -0.1) is 6.42 Å². The van der Waals surface area contributed by atoms with Crippen molar-refractivity contribution >= 4 is 11.8 Å². The van der Waals surface area contributed by atoms with Crippen LogP contribution in [-0.2, 0) is 4.79 Å². The van der Waals surface area contributed by atoms with E-state index < -0.39 is 23.6 Å². The summed E-state index contributed by atoms with van der Waals surface area (Å²) in [4.78, 5) is 29.9. The number of nitrogens with zero attached hydrogens (tertiary/aromatic N) is 3. The van der Waals surface area contributed by atoms with Crippen LogP contribution in [0.3, 0.4) is 0 Å². The number of hydrogen-bond donors (Lipinski definition) is 0. The lowest BCUT2D eigenvalue weighted by atomic mass is 10.0. The van der Waals surface area contributed by atoms with E-state index in [0.717, 1.165) is 0 Å². The maximum atomic E-state index is 13.6. The maximum Gasteiger partial charge on any atom is 0.260 e. The van der Waals surface area contributed by atoms with E-state index in [-0.39, 0.29) is 23.9 Å². The second kappa shape index (κ2) is 6.82. The van der Waals surface area contributed by atoms with Gasteiger partial charge in [-0.2, -0.15) is 0 Å². The van der Waals surface area contributed by atoms with Gasteiger partial charge < -0.3 is 9.80 Å². The summed E-state index contributed by atoms with van der Waals surface area (Å²) in [6, 6.07) is 4.02. The van der Waals surface area contributed by atoms with Crippen molar-refractivity contribution in [2.45, 2.75) is 18.4 Å². The van der Waals surface area contributed by atoms with Crippen LogP contribution < -0.4 is 0 Å². The molecule has 3 fully saturated rings. The minimum Gasteiger partial charge on any atom is -0.339 e.